The highest BCUT2D eigenvalue weighted by molar-refractivity contribution is 4.99. The minimum Gasteiger partial charge on any atom is -0.393 e. The molecule has 0 fully saturated rings. The van der Waals surface area contributed by atoms with E-state index >= 15 is 0 Å². The molecule has 2 heteroatoms. The van der Waals surface area contributed by atoms with Gasteiger partial charge in [0, 0.05) is 5.92 Å². The van der Waals surface area contributed by atoms with E-state index in [0.717, 1.165) is 0 Å². The van der Waals surface area contributed by atoms with E-state index in [4.69, 9.17) is 0 Å². The first kappa shape index (κ1) is 10.7. The van der Waals surface area contributed by atoms with Gasteiger partial charge in [0.15, 0.2) is 0 Å². The molecule has 0 radical (unpaired) electrons. The summed E-state index contributed by atoms with van der Waals surface area (Å²) in [4.78, 5) is 0. The number of rotatable bonds is 4. The van der Waals surface area contributed by atoms with Crippen LogP contribution in [0.15, 0.2) is 12.2 Å². The Hall–Kier alpha value is -0.340. The fourth-order valence-corrected chi connectivity index (χ4v) is 1.03. The highest BCUT2D eigenvalue weighted by Gasteiger charge is 2.20. The molecule has 0 rings (SSSR count). The van der Waals surface area contributed by atoms with E-state index in [1.54, 1.807) is 6.92 Å². The van der Waals surface area contributed by atoms with Crippen LogP contribution in [0, 0.1) is 5.92 Å². The summed E-state index contributed by atoms with van der Waals surface area (Å²) in [5, 5.41) is 18.8. The summed E-state index contributed by atoms with van der Waals surface area (Å²) < 4.78 is 0. The van der Waals surface area contributed by atoms with Crippen molar-refractivity contribution >= 4 is 0 Å². The summed E-state index contributed by atoms with van der Waals surface area (Å²) >= 11 is 0. The molecule has 0 saturated carbocycles. The van der Waals surface area contributed by atoms with E-state index in [1.807, 2.05) is 13.8 Å². The van der Waals surface area contributed by atoms with Crippen molar-refractivity contribution in [1.29, 1.82) is 0 Å². The molecule has 0 aliphatic carbocycles. The number of hydrogen-bond acceptors (Lipinski definition) is 2. The molecule has 66 valence electrons. The quantitative estimate of drug-likeness (QED) is 0.606. The van der Waals surface area contributed by atoms with Crippen molar-refractivity contribution in [3.05, 3.63) is 12.2 Å². The standard InChI is InChI=1S/C9H18O2/c1-5-8(10)7(4)9(11)6(2)3/h7-11H,2,5H2,1,3-4H3/t7-,8-,9-/m0/s1. The van der Waals surface area contributed by atoms with E-state index in [2.05, 4.69) is 6.58 Å². The lowest BCUT2D eigenvalue weighted by Crippen LogP contribution is -2.29. The van der Waals surface area contributed by atoms with Gasteiger partial charge in [-0.1, -0.05) is 26.0 Å². The Morgan fingerprint density at radius 2 is 1.91 bits per heavy atom. The van der Waals surface area contributed by atoms with Gasteiger partial charge in [0.1, 0.15) is 0 Å². The fourth-order valence-electron chi connectivity index (χ4n) is 1.03. The Labute approximate surface area is 68.6 Å². The molecule has 3 atom stereocenters. The Morgan fingerprint density at radius 3 is 2.18 bits per heavy atom. The number of aliphatic hydroxyl groups is 2. The lowest BCUT2D eigenvalue weighted by atomic mass is 9.93. The Morgan fingerprint density at radius 1 is 1.45 bits per heavy atom. The van der Waals surface area contributed by atoms with Gasteiger partial charge >= 0.3 is 0 Å². The van der Waals surface area contributed by atoms with Crippen molar-refractivity contribution in [1.82, 2.24) is 0 Å². The molecule has 0 aliphatic heterocycles. The average Bonchev–Trinajstić information content (AvgIpc) is 2.00. The van der Waals surface area contributed by atoms with Gasteiger partial charge < -0.3 is 10.2 Å². The van der Waals surface area contributed by atoms with Crippen LogP contribution in [0.3, 0.4) is 0 Å². The van der Waals surface area contributed by atoms with E-state index in [-0.39, 0.29) is 5.92 Å². The highest BCUT2D eigenvalue weighted by atomic mass is 16.3. The highest BCUT2D eigenvalue weighted by Crippen LogP contribution is 2.16. The summed E-state index contributed by atoms with van der Waals surface area (Å²) in [6, 6.07) is 0. The maximum Gasteiger partial charge on any atom is 0.0794 e. The van der Waals surface area contributed by atoms with Gasteiger partial charge in [-0.2, -0.15) is 0 Å². The molecule has 0 amide bonds. The lowest BCUT2D eigenvalue weighted by Gasteiger charge is -2.23. The van der Waals surface area contributed by atoms with Gasteiger partial charge in [-0.15, -0.1) is 0 Å². The number of hydrogen-bond donors (Lipinski definition) is 2. The lowest BCUT2D eigenvalue weighted by molar-refractivity contribution is 0.0380. The van der Waals surface area contributed by atoms with Crippen molar-refractivity contribution in [2.24, 2.45) is 5.92 Å². The smallest absolute Gasteiger partial charge is 0.0794 e. The van der Waals surface area contributed by atoms with Crippen molar-refractivity contribution in [3.8, 4) is 0 Å². The molecule has 0 aromatic carbocycles. The average molecular weight is 158 g/mol. The van der Waals surface area contributed by atoms with Crippen molar-refractivity contribution < 1.29 is 10.2 Å². The van der Waals surface area contributed by atoms with Gasteiger partial charge in [0.25, 0.3) is 0 Å². The van der Waals surface area contributed by atoms with Crippen LogP contribution in [0.2, 0.25) is 0 Å². The molecule has 0 saturated heterocycles. The van der Waals surface area contributed by atoms with Crippen LogP contribution in [-0.4, -0.2) is 22.4 Å². The zero-order valence-electron chi connectivity index (χ0n) is 7.54. The van der Waals surface area contributed by atoms with Crippen LogP contribution in [-0.2, 0) is 0 Å². The minimum absolute atomic E-state index is 0.113. The summed E-state index contributed by atoms with van der Waals surface area (Å²) in [6.07, 6.45) is -0.336. The van der Waals surface area contributed by atoms with E-state index in [1.165, 1.54) is 0 Å². The molecule has 0 aromatic rings. The Kier molecular flexibility index (Phi) is 4.38. The summed E-state index contributed by atoms with van der Waals surface area (Å²) in [5.41, 5.74) is 0.713. The van der Waals surface area contributed by atoms with Crippen molar-refractivity contribution in [3.63, 3.8) is 0 Å². The van der Waals surface area contributed by atoms with Gasteiger partial charge in [0.2, 0.25) is 0 Å². The zero-order chi connectivity index (χ0) is 9.02. The van der Waals surface area contributed by atoms with Crippen LogP contribution >= 0.6 is 0 Å². The first-order valence-electron chi connectivity index (χ1n) is 4.02. The van der Waals surface area contributed by atoms with Gasteiger partial charge in [-0.25, -0.2) is 0 Å². The molecule has 0 bridgehead atoms. The second-order valence-corrected chi connectivity index (χ2v) is 3.13. The zero-order valence-corrected chi connectivity index (χ0v) is 7.54. The van der Waals surface area contributed by atoms with Gasteiger partial charge in [0.05, 0.1) is 12.2 Å². The minimum atomic E-state index is -0.579. The Balaban J connectivity index is 4.00. The Bertz CT molecular complexity index is 132. The largest absolute Gasteiger partial charge is 0.393 e. The summed E-state index contributed by atoms with van der Waals surface area (Å²) in [6.45, 7) is 9.12. The second-order valence-electron chi connectivity index (χ2n) is 3.13. The maximum absolute atomic E-state index is 9.44. The van der Waals surface area contributed by atoms with Gasteiger partial charge in [-0.05, 0) is 13.3 Å². The number of aliphatic hydroxyl groups excluding tert-OH is 2. The molecular formula is C9H18O2. The van der Waals surface area contributed by atoms with Gasteiger partial charge in [-0.3, -0.25) is 0 Å². The topological polar surface area (TPSA) is 40.5 Å². The molecule has 11 heavy (non-hydrogen) atoms. The molecule has 2 nitrogen and oxygen atoms in total. The predicted octanol–water partition coefficient (Wildman–Crippen LogP) is 1.33. The third-order valence-electron chi connectivity index (χ3n) is 2.03. The maximum atomic E-state index is 9.44. The van der Waals surface area contributed by atoms with E-state index in [0.29, 0.717) is 12.0 Å². The first-order valence-corrected chi connectivity index (χ1v) is 4.02. The molecule has 2 N–H and O–H groups in total. The SMILES string of the molecule is C=C(C)[C@H](O)[C@@H](C)[C@@H](O)CC. The van der Waals surface area contributed by atoms with Crippen LogP contribution in [0.25, 0.3) is 0 Å². The first-order chi connectivity index (χ1) is 5.00. The molecule has 0 spiro atoms. The molecule has 0 aliphatic rings. The van der Waals surface area contributed by atoms with Crippen molar-refractivity contribution in [2.45, 2.75) is 39.4 Å². The molecular weight excluding hydrogens is 140 g/mol. The van der Waals surface area contributed by atoms with E-state index < -0.39 is 12.2 Å². The molecule has 0 unspecified atom stereocenters. The van der Waals surface area contributed by atoms with Crippen LogP contribution < -0.4 is 0 Å². The van der Waals surface area contributed by atoms with Crippen LogP contribution in [0.1, 0.15) is 27.2 Å². The normalized spacial score (nSPS) is 19.0. The molecule has 0 aromatic heterocycles. The monoisotopic (exact) mass is 158 g/mol. The summed E-state index contributed by atoms with van der Waals surface area (Å²) in [7, 11) is 0. The van der Waals surface area contributed by atoms with Crippen molar-refractivity contribution in [2.75, 3.05) is 0 Å². The predicted molar refractivity (Wildman–Crippen MR) is 46.3 cm³/mol. The van der Waals surface area contributed by atoms with Crippen LogP contribution in [0.5, 0.6) is 0 Å². The fraction of sp³-hybridized carbons (Fsp3) is 0.778. The second kappa shape index (κ2) is 4.52. The van der Waals surface area contributed by atoms with Crippen LogP contribution in [0.4, 0.5) is 0 Å². The van der Waals surface area contributed by atoms with E-state index in [9.17, 15) is 10.2 Å². The third kappa shape index (κ3) is 3.04. The summed E-state index contributed by atoms with van der Waals surface area (Å²) in [5.74, 6) is -0.113. The molecule has 0 heterocycles. The third-order valence-corrected chi connectivity index (χ3v) is 2.03.